The van der Waals surface area contributed by atoms with Crippen molar-refractivity contribution in [3.8, 4) is 0 Å². The molecule has 1 spiro atoms. The fraction of sp³-hybridized carbons (Fsp3) is 0.810. The van der Waals surface area contributed by atoms with Gasteiger partial charge in [-0.2, -0.15) is 13.2 Å². The van der Waals surface area contributed by atoms with E-state index in [0.717, 1.165) is 4.90 Å². The number of amides is 3. The summed E-state index contributed by atoms with van der Waals surface area (Å²) in [6, 6.07) is -2.63. The third-order valence-corrected chi connectivity index (χ3v) is 7.35. The van der Waals surface area contributed by atoms with Gasteiger partial charge in [0.2, 0.25) is 17.7 Å². The molecule has 5 atom stereocenters. The molecule has 0 bridgehead atoms. The van der Waals surface area contributed by atoms with E-state index in [9.17, 15) is 45.5 Å². The maximum Gasteiger partial charge on any atom is 0.522 e. The van der Waals surface area contributed by atoms with Crippen LogP contribution >= 0.6 is 0 Å². The Morgan fingerprint density at radius 3 is 2.37 bits per heavy atom. The summed E-state index contributed by atoms with van der Waals surface area (Å²) in [5, 5.41) is 4.90. The van der Waals surface area contributed by atoms with Crippen LogP contribution in [0.2, 0.25) is 0 Å². The van der Waals surface area contributed by atoms with Gasteiger partial charge in [0.1, 0.15) is 12.6 Å². The average molecular weight is 513 g/mol. The topological polar surface area (TPSA) is 105 Å². The third kappa shape index (κ3) is 5.89. The number of nitrogens with zero attached hydrogens (tertiary/aromatic N) is 1. The maximum absolute atomic E-state index is 13.1. The molecule has 2 aliphatic heterocycles. The third-order valence-electron chi connectivity index (χ3n) is 7.35. The Hall–Kier alpha value is -2.38. The van der Waals surface area contributed by atoms with Crippen LogP contribution in [0.4, 0.5) is 26.3 Å². The van der Waals surface area contributed by atoms with E-state index in [4.69, 9.17) is 0 Å². The molecule has 14 heteroatoms. The van der Waals surface area contributed by atoms with Crippen LogP contribution in [-0.2, 0) is 23.9 Å². The molecule has 0 aromatic rings. The van der Waals surface area contributed by atoms with Crippen LogP contribution in [0, 0.1) is 23.2 Å². The zero-order valence-corrected chi connectivity index (χ0v) is 18.5. The van der Waals surface area contributed by atoms with Gasteiger partial charge in [-0.1, -0.05) is 0 Å². The first-order valence-corrected chi connectivity index (χ1v) is 11.4. The summed E-state index contributed by atoms with van der Waals surface area (Å²) in [5.74, 6) is -6.87. The van der Waals surface area contributed by atoms with Crippen LogP contribution in [0.1, 0.15) is 38.5 Å². The molecule has 4 aliphatic rings. The van der Waals surface area contributed by atoms with Gasteiger partial charge in [-0.3, -0.25) is 23.9 Å². The second-order valence-electron chi connectivity index (χ2n) is 9.95. The lowest BCUT2D eigenvalue weighted by molar-refractivity contribution is -0.321. The predicted molar refractivity (Wildman–Crippen MR) is 104 cm³/mol. The number of hydrogen-bond acceptors (Lipinski definition) is 5. The summed E-state index contributed by atoms with van der Waals surface area (Å²) >= 11 is 0. The zero-order chi connectivity index (χ0) is 25.8. The first-order valence-electron chi connectivity index (χ1n) is 11.4. The van der Waals surface area contributed by atoms with Crippen molar-refractivity contribution in [1.82, 2.24) is 15.5 Å². The smallest absolute Gasteiger partial charge is 0.356 e. The first kappa shape index (κ1) is 25.7. The van der Waals surface area contributed by atoms with Crippen molar-refractivity contribution < 1.29 is 50.3 Å². The van der Waals surface area contributed by atoms with E-state index in [1.54, 1.807) is 0 Å². The standard InChI is InChI=1S/C21H25F6N3O5/c22-20(23,24)12-6-11(12)18(34)30-9-19(2-3-19)7-14(30)17(33)29-13(5-10-1-4-28-16(10)32)15(31)8-35-21(25,26)27/h10-14H,1-9H2,(H,28,32)(H,29,33)/t10-,11+,12+,13?,14-/m0/s1. The Morgan fingerprint density at radius 1 is 1.17 bits per heavy atom. The highest BCUT2D eigenvalue weighted by Crippen LogP contribution is 2.57. The van der Waals surface area contributed by atoms with E-state index in [2.05, 4.69) is 15.4 Å². The lowest BCUT2D eigenvalue weighted by Crippen LogP contribution is -2.52. The van der Waals surface area contributed by atoms with Gasteiger partial charge in [0.05, 0.1) is 17.9 Å². The molecular formula is C21H25F6N3O5. The first-order chi connectivity index (χ1) is 16.2. The number of nitrogens with one attached hydrogen (secondary N) is 2. The van der Waals surface area contributed by atoms with Crippen molar-refractivity contribution >= 4 is 23.5 Å². The molecule has 35 heavy (non-hydrogen) atoms. The van der Waals surface area contributed by atoms with E-state index in [-0.39, 0.29) is 31.2 Å². The van der Waals surface area contributed by atoms with Crippen molar-refractivity contribution in [1.29, 1.82) is 0 Å². The molecule has 4 rings (SSSR count). The van der Waals surface area contributed by atoms with Gasteiger partial charge in [0.15, 0.2) is 5.78 Å². The highest BCUT2D eigenvalue weighted by molar-refractivity contribution is 5.95. The lowest BCUT2D eigenvalue weighted by Gasteiger charge is -2.27. The molecule has 0 aromatic heterocycles. The van der Waals surface area contributed by atoms with Gasteiger partial charge in [0.25, 0.3) is 0 Å². The predicted octanol–water partition coefficient (Wildman–Crippen LogP) is 1.68. The minimum atomic E-state index is -5.08. The second-order valence-corrected chi connectivity index (χ2v) is 9.95. The van der Waals surface area contributed by atoms with Crippen molar-refractivity contribution in [3.05, 3.63) is 0 Å². The number of alkyl halides is 6. The number of ketones is 1. The molecule has 196 valence electrons. The fourth-order valence-corrected chi connectivity index (χ4v) is 5.05. The van der Waals surface area contributed by atoms with Crippen LogP contribution in [-0.4, -0.2) is 72.7 Å². The number of carbonyl (C=O) groups is 4. The number of likely N-dealkylation sites (tertiary alicyclic amines) is 1. The zero-order valence-electron chi connectivity index (χ0n) is 18.5. The van der Waals surface area contributed by atoms with Crippen molar-refractivity contribution in [2.24, 2.45) is 23.2 Å². The number of halogens is 6. The van der Waals surface area contributed by atoms with E-state index in [1.165, 1.54) is 0 Å². The summed E-state index contributed by atoms with van der Waals surface area (Å²) in [6.45, 7) is -0.951. The van der Waals surface area contributed by atoms with Crippen LogP contribution in [0.3, 0.4) is 0 Å². The van der Waals surface area contributed by atoms with Crippen molar-refractivity contribution in [2.75, 3.05) is 19.7 Å². The Bertz CT molecular complexity index is 903. The molecule has 2 heterocycles. The minimum Gasteiger partial charge on any atom is -0.356 e. The molecule has 4 fully saturated rings. The normalized spacial score (nSPS) is 30.2. The number of rotatable bonds is 8. The average Bonchev–Trinajstić information content (AvgIpc) is 3.63. The van der Waals surface area contributed by atoms with Gasteiger partial charge in [-0.05, 0) is 43.9 Å². The monoisotopic (exact) mass is 513 g/mol. The summed E-state index contributed by atoms with van der Waals surface area (Å²) in [7, 11) is 0. The molecule has 3 amide bonds. The van der Waals surface area contributed by atoms with E-state index in [0.29, 0.717) is 25.8 Å². The second kappa shape index (κ2) is 8.93. The minimum absolute atomic E-state index is 0.117. The van der Waals surface area contributed by atoms with Gasteiger partial charge < -0.3 is 15.5 Å². The molecule has 2 aliphatic carbocycles. The number of ether oxygens (including phenoxy) is 1. The lowest BCUT2D eigenvalue weighted by atomic mass is 9.95. The van der Waals surface area contributed by atoms with Crippen LogP contribution < -0.4 is 10.6 Å². The van der Waals surface area contributed by atoms with E-state index in [1.807, 2.05) is 0 Å². The van der Waals surface area contributed by atoms with Crippen LogP contribution in [0.5, 0.6) is 0 Å². The van der Waals surface area contributed by atoms with E-state index < -0.39 is 72.5 Å². The summed E-state index contributed by atoms with van der Waals surface area (Å²) < 4.78 is 79.9. The number of Topliss-reactive ketones (excluding diaryl/α,β-unsaturated/α-hetero) is 1. The Balaban J connectivity index is 1.46. The molecule has 2 saturated carbocycles. The van der Waals surface area contributed by atoms with Gasteiger partial charge >= 0.3 is 12.5 Å². The van der Waals surface area contributed by atoms with Gasteiger partial charge in [-0.25, -0.2) is 0 Å². The number of carbonyl (C=O) groups excluding carboxylic acids is 4. The molecule has 0 aromatic carbocycles. The molecular weight excluding hydrogens is 488 g/mol. The quantitative estimate of drug-likeness (QED) is 0.481. The SMILES string of the molecule is O=C(COC(F)(F)F)C(C[C@@H]1CCNC1=O)NC(=O)[C@@H]1CC2(CC2)CN1C(=O)[C@@H]1C[C@H]1C(F)(F)F. The molecule has 2 saturated heterocycles. The van der Waals surface area contributed by atoms with Gasteiger partial charge in [-0.15, -0.1) is 13.2 Å². The maximum atomic E-state index is 13.1. The Morgan fingerprint density at radius 2 is 1.86 bits per heavy atom. The Labute approximate surface area is 196 Å². The summed E-state index contributed by atoms with van der Waals surface area (Å²) in [5.41, 5.74) is -0.371. The Kier molecular flexibility index (Phi) is 6.56. The molecule has 1 unspecified atom stereocenters. The summed E-state index contributed by atoms with van der Waals surface area (Å²) in [4.78, 5) is 51.5. The van der Waals surface area contributed by atoms with Crippen molar-refractivity contribution in [2.45, 2.75) is 63.1 Å². The highest BCUT2D eigenvalue weighted by atomic mass is 19.4. The summed E-state index contributed by atoms with van der Waals surface area (Å²) in [6.07, 6.45) is -8.33. The van der Waals surface area contributed by atoms with Crippen LogP contribution in [0.25, 0.3) is 0 Å². The van der Waals surface area contributed by atoms with Crippen LogP contribution in [0.15, 0.2) is 0 Å². The molecule has 2 N–H and O–H groups in total. The molecule has 8 nitrogen and oxygen atoms in total. The van der Waals surface area contributed by atoms with Gasteiger partial charge in [0, 0.05) is 19.0 Å². The highest BCUT2D eigenvalue weighted by Gasteiger charge is 2.63. The fourth-order valence-electron chi connectivity index (χ4n) is 5.05. The number of hydrogen-bond donors (Lipinski definition) is 2. The van der Waals surface area contributed by atoms with Crippen molar-refractivity contribution in [3.63, 3.8) is 0 Å². The van der Waals surface area contributed by atoms with E-state index >= 15 is 0 Å². The molecule has 0 radical (unpaired) electrons. The largest absolute Gasteiger partial charge is 0.522 e.